The van der Waals surface area contributed by atoms with Crippen molar-refractivity contribution in [1.82, 2.24) is 14.5 Å². The highest BCUT2D eigenvalue weighted by atomic mass is 16.3. The van der Waals surface area contributed by atoms with Crippen LogP contribution in [0.25, 0.3) is 11.0 Å². The van der Waals surface area contributed by atoms with Crippen LogP contribution in [-0.4, -0.2) is 45.2 Å². The summed E-state index contributed by atoms with van der Waals surface area (Å²) >= 11 is 0. The van der Waals surface area contributed by atoms with Gasteiger partial charge in [-0.15, -0.1) is 0 Å². The van der Waals surface area contributed by atoms with Crippen molar-refractivity contribution in [1.29, 1.82) is 0 Å². The van der Waals surface area contributed by atoms with Crippen molar-refractivity contribution in [2.75, 3.05) is 18.0 Å². The second-order valence-corrected chi connectivity index (χ2v) is 6.38. The third kappa shape index (κ3) is 2.06. The largest absolute Gasteiger partial charge is 0.389 e. The molecule has 1 aromatic heterocycles. The summed E-state index contributed by atoms with van der Waals surface area (Å²) in [5.74, 6) is -0.745. The first-order valence-electron chi connectivity index (χ1n) is 7.94. The van der Waals surface area contributed by atoms with E-state index in [9.17, 15) is 19.5 Å². The number of carbonyl (C=O) groups excluding carboxylic acids is 2. The highest BCUT2D eigenvalue weighted by Crippen LogP contribution is 2.31. The van der Waals surface area contributed by atoms with Gasteiger partial charge >= 0.3 is 5.69 Å². The SMILES string of the molecule is Cn1c(=O)n(C2CCC(=O)NC2=O)c2cccc(N3CC(O)C3)c21. The first kappa shape index (κ1) is 14.9. The van der Waals surface area contributed by atoms with Crippen molar-refractivity contribution in [2.45, 2.75) is 25.0 Å². The first-order valence-corrected chi connectivity index (χ1v) is 7.94. The summed E-state index contributed by atoms with van der Waals surface area (Å²) in [7, 11) is 1.67. The molecule has 4 rings (SSSR count). The number of imide groups is 1. The Morgan fingerprint density at radius 2 is 1.96 bits per heavy atom. The molecular formula is C16H18N4O4. The lowest BCUT2D eigenvalue weighted by atomic mass is 10.1. The van der Waals surface area contributed by atoms with Crippen LogP contribution in [-0.2, 0) is 16.6 Å². The molecule has 8 heteroatoms. The minimum absolute atomic E-state index is 0.219. The van der Waals surface area contributed by atoms with Crippen molar-refractivity contribution in [3.63, 3.8) is 0 Å². The van der Waals surface area contributed by atoms with Gasteiger partial charge in [-0.3, -0.25) is 24.0 Å². The molecule has 0 bridgehead atoms. The zero-order chi connectivity index (χ0) is 17.0. The molecule has 2 amide bonds. The number of benzene rings is 1. The number of aromatic nitrogens is 2. The number of anilines is 1. The number of hydrogen-bond acceptors (Lipinski definition) is 5. The molecule has 3 heterocycles. The van der Waals surface area contributed by atoms with Gasteiger partial charge in [0.2, 0.25) is 11.8 Å². The number of carbonyl (C=O) groups is 2. The summed E-state index contributed by atoms with van der Waals surface area (Å²) in [5.41, 5.74) is 1.98. The van der Waals surface area contributed by atoms with Gasteiger partial charge in [0.15, 0.2) is 0 Å². The van der Waals surface area contributed by atoms with Crippen LogP contribution in [0.2, 0.25) is 0 Å². The maximum absolute atomic E-state index is 12.8. The van der Waals surface area contributed by atoms with Crippen LogP contribution < -0.4 is 15.9 Å². The first-order chi connectivity index (χ1) is 11.5. The normalized spacial score (nSPS) is 21.9. The Hall–Kier alpha value is -2.61. The standard InChI is InChI=1S/C16H18N4O4/c1-18-14-10(19-7-9(21)8-19)3-2-4-11(14)20(16(18)24)12-5-6-13(22)17-15(12)23/h2-4,9,12,21H,5-8H2,1H3,(H,17,22,23). The summed E-state index contributed by atoms with van der Waals surface area (Å²) in [5, 5.41) is 11.8. The summed E-state index contributed by atoms with van der Waals surface area (Å²) < 4.78 is 3.00. The Morgan fingerprint density at radius 3 is 2.62 bits per heavy atom. The smallest absolute Gasteiger partial charge is 0.329 e. The van der Waals surface area contributed by atoms with E-state index in [1.165, 1.54) is 9.13 Å². The van der Waals surface area contributed by atoms with Crippen LogP contribution in [0.1, 0.15) is 18.9 Å². The van der Waals surface area contributed by atoms with E-state index >= 15 is 0 Å². The fraction of sp³-hybridized carbons (Fsp3) is 0.438. The van der Waals surface area contributed by atoms with E-state index in [1.54, 1.807) is 13.1 Å². The van der Waals surface area contributed by atoms with Crippen LogP contribution in [0, 0.1) is 0 Å². The molecule has 1 aromatic carbocycles. The molecule has 0 aliphatic carbocycles. The Morgan fingerprint density at radius 1 is 1.21 bits per heavy atom. The maximum atomic E-state index is 12.8. The average Bonchev–Trinajstić information content (AvgIpc) is 2.77. The van der Waals surface area contributed by atoms with E-state index in [0.29, 0.717) is 25.0 Å². The number of para-hydroxylation sites is 1. The summed E-state index contributed by atoms with van der Waals surface area (Å²) in [6.45, 7) is 1.05. The van der Waals surface area contributed by atoms with Crippen molar-refractivity contribution in [3.05, 3.63) is 28.7 Å². The molecule has 2 aliphatic heterocycles. The number of β-amino-alcohol motifs (C(OH)–C–C–N with tert-alkyl or cyclic N) is 1. The van der Waals surface area contributed by atoms with Gasteiger partial charge in [-0.2, -0.15) is 0 Å². The minimum atomic E-state index is -0.684. The van der Waals surface area contributed by atoms with Gasteiger partial charge in [-0.25, -0.2) is 4.79 Å². The topological polar surface area (TPSA) is 96.6 Å². The van der Waals surface area contributed by atoms with E-state index in [2.05, 4.69) is 5.32 Å². The van der Waals surface area contributed by atoms with Gasteiger partial charge in [-0.1, -0.05) is 6.07 Å². The van der Waals surface area contributed by atoms with Gasteiger partial charge in [0.25, 0.3) is 0 Å². The van der Waals surface area contributed by atoms with E-state index in [0.717, 1.165) is 11.2 Å². The summed E-state index contributed by atoms with van der Waals surface area (Å²) in [4.78, 5) is 38.3. The zero-order valence-corrected chi connectivity index (χ0v) is 13.2. The predicted octanol–water partition coefficient (Wildman–Crippen LogP) is -0.501. The molecule has 2 fully saturated rings. The van der Waals surface area contributed by atoms with Crippen molar-refractivity contribution in [3.8, 4) is 0 Å². The zero-order valence-electron chi connectivity index (χ0n) is 13.2. The second kappa shape index (κ2) is 5.20. The number of aliphatic hydroxyl groups excluding tert-OH is 1. The molecule has 0 saturated carbocycles. The molecule has 24 heavy (non-hydrogen) atoms. The Labute approximate surface area is 137 Å². The monoisotopic (exact) mass is 330 g/mol. The number of imidazole rings is 1. The molecule has 1 unspecified atom stereocenters. The number of amides is 2. The molecule has 2 aliphatic rings. The van der Waals surface area contributed by atoms with Gasteiger partial charge in [-0.05, 0) is 18.6 Å². The average molecular weight is 330 g/mol. The van der Waals surface area contributed by atoms with Crippen LogP contribution in [0.5, 0.6) is 0 Å². The van der Waals surface area contributed by atoms with Gasteiger partial charge in [0, 0.05) is 26.6 Å². The van der Waals surface area contributed by atoms with E-state index in [4.69, 9.17) is 0 Å². The van der Waals surface area contributed by atoms with Gasteiger partial charge in [0.05, 0.1) is 22.8 Å². The van der Waals surface area contributed by atoms with Crippen LogP contribution in [0.4, 0.5) is 5.69 Å². The summed E-state index contributed by atoms with van der Waals surface area (Å²) in [6, 6.07) is 4.86. The van der Waals surface area contributed by atoms with Crippen LogP contribution >= 0.6 is 0 Å². The lowest BCUT2D eigenvalue weighted by Gasteiger charge is -2.38. The molecule has 2 aromatic rings. The number of fused-ring (bicyclic) bond motifs is 1. The van der Waals surface area contributed by atoms with Crippen LogP contribution in [0.15, 0.2) is 23.0 Å². The molecule has 0 spiro atoms. The summed E-state index contributed by atoms with van der Waals surface area (Å²) in [6.07, 6.45) is 0.183. The predicted molar refractivity (Wildman–Crippen MR) is 86.8 cm³/mol. The van der Waals surface area contributed by atoms with Crippen molar-refractivity contribution in [2.24, 2.45) is 7.05 Å². The third-order valence-electron chi connectivity index (χ3n) is 4.81. The fourth-order valence-electron chi connectivity index (χ4n) is 3.55. The van der Waals surface area contributed by atoms with Crippen molar-refractivity contribution >= 4 is 28.5 Å². The second-order valence-electron chi connectivity index (χ2n) is 6.38. The molecule has 2 saturated heterocycles. The fourth-order valence-corrected chi connectivity index (χ4v) is 3.55. The lowest BCUT2D eigenvalue weighted by Crippen LogP contribution is -2.51. The number of nitrogens with zero attached hydrogens (tertiary/aromatic N) is 3. The number of hydrogen-bond donors (Lipinski definition) is 2. The highest BCUT2D eigenvalue weighted by molar-refractivity contribution is 6.00. The molecular weight excluding hydrogens is 312 g/mol. The van der Waals surface area contributed by atoms with Gasteiger partial charge in [0.1, 0.15) is 6.04 Å². The van der Waals surface area contributed by atoms with E-state index in [-0.39, 0.29) is 24.1 Å². The van der Waals surface area contributed by atoms with E-state index in [1.807, 2.05) is 17.0 Å². The Kier molecular flexibility index (Phi) is 3.24. The minimum Gasteiger partial charge on any atom is -0.389 e. The number of aliphatic hydroxyl groups is 1. The maximum Gasteiger partial charge on any atom is 0.329 e. The number of rotatable bonds is 2. The highest BCUT2D eigenvalue weighted by Gasteiger charge is 2.33. The lowest BCUT2D eigenvalue weighted by molar-refractivity contribution is -0.135. The molecule has 126 valence electrons. The van der Waals surface area contributed by atoms with Crippen molar-refractivity contribution < 1.29 is 14.7 Å². The van der Waals surface area contributed by atoms with Crippen LogP contribution in [0.3, 0.4) is 0 Å². The number of piperidine rings is 1. The third-order valence-corrected chi connectivity index (χ3v) is 4.81. The number of nitrogens with one attached hydrogen (secondary N) is 1. The van der Waals surface area contributed by atoms with Gasteiger partial charge < -0.3 is 10.0 Å². The Bertz CT molecular complexity index is 907. The molecule has 8 nitrogen and oxygen atoms in total. The Balaban J connectivity index is 1.87. The molecule has 1 atom stereocenters. The quantitative estimate of drug-likeness (QED) is 0.724. The van der Waals surface area contributed by atoms with E-state index < -0.39 is 11.9 Å². The number of aryl methyl sites for hydroxylation is 1. The molecule has 0 radical (unpaired) electrons. The molecule has 2 N–H and O–H groups in total.